The molecule has 6 rings (SSSR count). The molecule has 14 nitrogen and oxygen atoms in total. The van der Waals surface area contributed by atoms with E-state index in [0.717, 1.165) is 0 Å². The van der Waals surface area contributed by atoms with Crippen molar-refractivity contribution in [3.8, 4) is 0 Å². The summed E-state index contributed by atoms with van der Waals surface area (Å²) in [6.07, 6.45) is 2.03. The third-order valence-corrected chi connectivity index (χ3v) is 6.73. The zero-order chi connectivity index (χ0) is 36.5. The van der Waals surface area contributed by atoms with Crippen molar-refractivity contribution in [2.24, 2.45) is 5.73 Å². The maximum Gasteiger partial charge on any atom is 0.407 e. The van der Waals surface area contributed by atoms with Gasteiger partial charge < -0.3 is 35.3 Å². The van der Waals surface area contributed by atoms with Gasteiger partial charge in [0.25, 0.3) is 0 Å². The zero-order valence-electron chi connectivity index (χ0n) is 28.1. The number of amides is 1. The standard InChI is InChI=1S/C19H21F2N5O3.C14H13F2N5O.2CH4.ClH/c1-19(2,3)29-18(27)25-9-12(21)17-26-15-14(28-17)6-8-23-16(15)24-10-13-11(20)5-4-7-22-13;15-8-2-1-4-18-10(8)7-20-13-12-11(3-5-19-13)22-14(21-12)9(16)6-17;;;/h4-8,12H,9-10H2,1-3H3,(H,23,24)(H,25,27);1-5,9H,6-7,17H2,(H,19,20);2*1H4;1H. The number of halogens is 5. The number of pyridine rings is 4. The van der Waals surface area contributed by atoms with Gasteiger partial charge in [0, 0.05) is 43.5 Å². The van der Waals surface area contributed by atoms with Gasteiger partial charge in [-0.15, -0.1) is 12.4 Å². The van der Waals surface area contributed by atoms with Crippen molar-refractivity contribution in [3.63, 3.8) is 0 Å². The van der Waals surface area contributed by atoms with Gasteiger partial charge >= 0.3 is 6.09 Å². The van der Waals surface area contributed by atoms with Crippen molar-refractivity contribution >= 4 is 52.3 Å². The van der Waals surface area contributed by atoms with Gasteiger partial charge in [0.15, 0.2) is 46.2 Å². The first-order valence-corrected chi connectivity index (χ1v) is 15.5. The van der Waals surface area contributed by atoms with Crippen LogP contribution in [-0.4, -0.2) is 54.7 Å². The number of rotatable bonds is 11. The van der Waals surface area contributed by atoms with Crippen molar-refractivity contribution in [1.29, 1.82) is 0 Å². The summed E-state index contributed by atoms with van der Waals surface area (Å²) in [5.41, 5.74) is 6.37. The number of alkyl carbamates (subject to hydrolysis) is 1. The Labute approximate surface area is 315 Å². The van der Waals surface area contributed by atoms with Crippen LogP contribution in [-0.2, 0) is 17.8 Å². The van der Waals surface area contributed by atoms with E-state index in [9.17, 15) is 22.4 Å². The number of alkyl halides is 2. The number of carbonyl (C=O) groups excluding carboxylic acids is 1. The monoisotopic (exact) mass is 778 g/mol. The molecule has 0 saturated heterocycles. The lowest BCUT2D eigenvalue weighted by Crippen LogP contribution is -2.34. The fraction of sp³-hybridized carbons (Fsp3) is 0.343. The molecule has 0 spiro atoms. The summed E-state index contributed by atoms with van der Waals surface area (Å²) in [7, 11) is 0. The first-order chi connectivity index (χ1) is 24.4. The Morgan fingerprint density at radius 3 is 1.67 bits per heavy atom. The van der Waals surface area contributed by atoms with Gasteiger partial charge in [-0.25, -0.2) is 42.3 Å². The number of aromatic nitrogens is 6. The lowest BCUT2D eigenvalue weighted by molar-refractivity contribution is 0.0510. The van der Waals surface area contributed by atoms with Gasteiger partial charge in [0.2, 0.25) is 11.8 Å². The largest absolute Gasteiger partial charge is 0.444 e. The van der Waals surface area contributed by atoms with Crippen molar-refractivity contribution in [2.45, 2.75) is 66.7 Å². The molecule has 2 atom stereocenters. The second kappa shape index (κ2) is 20.0. The van der Waals surface area contributed by atoms with E-state index in [-0.39, 0.29) is 76.6 Å². The number of oxazole rings is 2. The van der Waals surface area contributed by atoms with E-state index in [4.69, 9.17) is 19.3 Å². The van der Waals surface area contributed by atoms with Crippen molar-refractivity contribution in [2.75, 3.05) is 23.7 Å². The van der Waals surface area contributed by atoms with Gasteiger partial charge in [-0.1, -0.05) is 14.9 Å². The molecule has 19 heteroatoms. The van der Waals surface area contributed by atoms with Crippen LogP contribution >= 0.6 is 12.4 Å². The molecule has 292 valence electrons. The fourth-order valence-electron chi connectivity index (χ4n) is 4.38. The molecule has 2 unspecified atom stereocenters. The van der Waals surface area contributed by atoms with Crippen LogP contribution < -0.4 is 21.7 Å². The van der Waals surface area contributed by atoms with Crippen LogP contribution in [0.15, 0.2) is 70.0 Å². The second-order valence-electron chi connectivity index (χ2n) is 11.7. The summed E-state index contributed by atoms with van der Waals surface area (Å²) in [5, 5.41) is 8.18. The summed E-state index contributed by atoms with van der Waals surface area (Å²) in [6, 6.07) is 8.73. The number of fused-ring (bicyclic) bond motifs is 2. The molecule has 0 bridgehead atoms. The molecule has 6 aromatic heterocycles. The molecule has 6 heterocycles. The second-order valence-corrected chi connectivity index (χ2v) is 11.7. The minimum atomic E-state index is -1.68. The normalized spacial score (nSPS) is 11.9. The van der Waals surface area contributed by atoms with Crippen LogP contribution in [0.5, 0.6) is 0 Å². The molecule has 0 aliphatic rings. The predicted molar refractivity (Wildman–Crippen MR) is 198 cm³/mol. The minimum absolute atomic E-state index is 0. The van der Waals surface area contributed by atoms with Crippen molar-refractivity contribution in [1.82, 2.24) is 35.2 Å². The summed E-state index contributed by atoms with van der Waals surface area (Å²) in [4.78, 5) is 36.0. The number of nitrogens with two attached hydrogens (primary N) is 1. The molecule has 54 heavy (non-hydrogen) atoms. The molecule has 0 aromatic carbocycles. The lowest BCUT2D eigenvalue weighted by atomic mass is 10.2. The van der Waals surface area contributed by atoms with E-state index in [1.54, 1.807) is 26.8 Å². The molecule has 0 saturated carbocycles. The van der Waals surface area contributed by atoms with Crippen LogP contribution in [0.25, 0.3) is 22.2 Å². The third-order valence-electron chi connectivity index (χ3n) is 6.73. The zero-order valence-corrected chi connectivity index (χ0v) is 28.9. The van der Waals surface area contributed by atoms with Crippen LogP contribution in [0.1, 0.15) is 71.1 Å². The maximum absolute atomic E-state index is 14.5. The van der Waals surface area contributed by atoms with Crippen LogP contribution in [0, 0.1) is 11.6 Å². The SMILES string of the molecule is C.C.CC(C)(C)OC(=O)NCC(F)c1nc2c(NCc3ncccc3F)nccc2o1.Cl.NCC(F)c1nc2c(NCc3ncccc3F)nccc2o1. The van der Waals surface area contributed by atoms with Gasteiger partial charge in [-0.05, 0) is 45.0 Å². The topological polar surface area (TPSA) is 192 Å². The Bertz CT molecular complexity index is 2100. The lowest BCUT2D eigenvalue weighted by Gasteiger charge is -2.19. The molecular weight excluding hydrogens is 736 g/mol. The van der Waals surface area contributed by atoms with E-state index in [0.29, 0.717) is 33.8 Å². The Morgan fingerprint density at radius 2 is 1.24 bits per heavy atom. The highest BCUT2D eigenvalue weighted by Gasteiger charge is 2.23. The van der Waals surface area contributed by atoms with Crippen molar-refractivity contribution < 1.29 is 35.9 Å². The van der Waals surface area contributed by atoms with E-state index in [2.05, 4.69) is 45.9 Å². The summed E-state index contributed by atoms with van der Waals surface area (Å²) < 4.78 is 71.1. The highest BCUT2D eigenvalue weighted by Crippen LogP contribution is 2.27. The smallest absolute Gasteiger partial charge is 0.407 e. The average molecular weight is 779 g/mol. The van der Waals surface area contributed by atoms with Gasteiger partial charge in [-0.2, -0.15) is 0 Å². The summed E-state index contributed by atoms with van der Waals surface area (Å²) in [6.45, 7) is 4.73. The third kappa shape index (κ3) is 11.7. The highest BCUT2D eigenvalue weighted by atomic mass is 35.5. The Balaban J connectivity index is 0.000000365. The van der Waals surface area contributed by atoms with Crippen LogP contribution in [0.2, 0.25) is 0 Å². The fourth-order valence-corrected chi connectivity index (χ4v) is 4.38. The quantitative estimate of drug-likeness (QED) is 0.0928. The Kier molecular flexibility index (Phi) is 16.5. The molecule has 0 aliphatic carbocycles. The highest BCUT2D eigenvalue weighted by molar-refractivity contribution is 5.85. The number of hydrogen-bond donors (Lipinski definition) is 4. The maximum atomic E-state index is 14.5. The molecule has 5 N–H and O–H groups in total. The van der Waals surface area contributed by atoms with E-state index < -0.39 is 35.7 Å². The number of nitrogens with zero attached hydrogens (tertiary/aromatic N) is 6. The molecule has 6 aromatic rings. The van der Waals surface area contributed by atoms with E-state index in [1.807, 2.05) is 0 Å². The Morgan fingerprint density at radius 1 is 0.778 bits per heavy atom. The molecule has 0 fully saturated rings. The molecule has 0 radical (unpaired) electrons. The van der Waals surface area contributed by atoms with Crippen LogP contribution in [0.4, 0.5) is 34.0 Å². The summed E-state index contributed by atoms with van der Waals surface area (Å²) in [5.74, 6) is -0.523. The Hall–Kier alpha value is -5.62. The van der Waals surface area contributed by atoms with Gasteiger partial charge in [0.05, 0.1) is 31.0 Å². The molecule has 1 amide bonds. The number of nitrogens with one attached hydrogen (secondary N) is 3. The predicted octanol–water partition coefficient (Wildman–Crippen LogP) is 7.94. The van der Waals surface area contributed by atoms with Crippen molar-refractivity contribution in [3.05, 3.63) is 96.0 Å². The molecular formula is C35H43ClF4N10O4. The van der Waals surface area contributed by atoms with Gasteiger partial charge in [-0.3, -0.25) is 9.97 Å². The first-order valence-electron chi connectivity index (χ1n) is 15.5. The van der Waals surface area contributed by atoms with Gasteiger partial charge in [0.1, 0.15) is 17.2 Å². The molecule has 0 aliphatic heterocycles. The first kappa shape index (κ1) is 44.5. The number of ether oxygens (including phenoxy) is 1. The number of carbonyl (C=O) groups is 1. The number of anilines is 2. The number of hydrogen-bond acceptors (Lipinski definition) is 13. The summed E-state index contributed by atoms with van der Waals surface area (Å²) >= 11 is 0. The average Bonchev–Trinajstić information content (AvgIpc) is 3.75. The van der Waals surface area contributed by atoms with E-state index >= 15 is 0 Å². The van der Waals surface area contributed by atoms with E-state index in [1.165, 1.54) is 55.1 Å². The van der Waals surface area contributed by atoms with Crippen LogP contribution in [0.3, 0.4) is 0 Å². The minimum Gasteiger partial charge on any atom is -0.444 e.